The quantitative estimate of drug-likeness (QED) is 0.0698. The van der Waals surface area contributed by atoms with E-state index < -0.39 is 0 Å². The zero-order valence-corrected chi connectivity index (χ0v) is 25.8. The van der Waals surface area contributed by atoms with E-state index in [-0.39, 0.29) is 0 Å². The Morgan fingerprint density at radius 1 is 0.306 bits per heavy atom. The van der Waals surface area contributed by atoms with Crippen molar-refractivity contribution in [2.45, 2.75) is 200 Å². The van der Waals surface area contributed by atoms with Crippen molar-refractivity contribution < 1.29 is 4.48 Å². The van der Waals surface area contributed by atoms with Gasteiger partial charge in [-0.25, -0.2) is 0 Å². The lowest BCUT2D eigenvalue weighted by Crippen LogP contribution is -2.46. The van der Waals surface area contributed by atoms with Crippen molar-refractivity contribution >= 4 is 0 Å². The molecule has 1 aliphatic rings. The van der Waals surface area contributed by atoms with Gasteiger partial charge in [0.15, 0.2) is 0 Å². The molecule has 1 aliphatic heterocycles. The van der Waals surface area contributed by atoms with Gasteiger partial charge < -0.3 is 4.48 Å². The van der Waals surface area contributed by atoms with Gasteiger partial charge in [-0.2, -0.15) is 0 Å². The van der Waals surface area contributed by atoms with E-state index in [9.17, 15) is 0 Å². The Morgan fingerprint density at radius 2 is 0.528 bits per heavy atom. The van der Waals surface area contributed by atoms with Gasteiger partial charge in [0, 0.05) is 12.8 Å². The fourth-order valence-electron chi connectivity index (χ4n) is 6.67. The second-order valence-corrected chi connectivity index (χ2v) is 12.8. The van der Waals surface area contributed by atoms with Crippen LogP contribution >= 0.6 is 0 Å². The molecule has 0 spiro atoms. The Balaban J connectivity index is 1.88. The summed E-state index contributed by atoms with van der Waals surface area (Å²) >= 11 is 0. The van der Waals surface area contributed by atoms with Crippen molar-refractivity contribution in [3.05, 3.63) is 0 Å². The second-order valence-electron chi connectivity index (χ2n) is 12.8. The topological polar surface area (TPSA) is 0 Å². The minimum absolute atomic E-state index is 1.37. The Hall–Kier alpha value is -0.0400. The molecule has 0 unspecified atom stereocenters. The Kier molecular flexibility index (Phi) is 25.1. The lowest BCUT2D eigenvalue weighted by Gasteiger charge is -2.34. The third kappa shape index (κ3) is 21.0. The van der Waals surface area contributed by atoms with Crippen molar-refractivity contribution in [2.75, 3.05) is 26.2 Å². The molecule has 0 aliphatic carbocycles. The highest BCUT2D eigenvalue weighted by Gasteiger charge is 2.30. The third-order valence-corrected chi connectivity index (χ3v) is 9.24. The molecule has 1 rings (SSSR count). The molecule has 0 aromatic rings. The van der Waals surface area contributed by atoms with Crippen molar-refractivity contribution in [1.82, 2.24) is 0 Å². The molecule has 1 heterocycles. The SMILES string of the molecule is CCCCCCCCCCCCCCCC[N+]1(CCCCCCCCCCCCCCC)CCCC1. The molecule has 1 heteroatoms. The summed E-state index contributed by atoms with van der Waals surface area (Å²) in [7, 11) is 0. The predicted octanol–water partition coefficient (Wildman–Crippen LogP) is 12.2. The number of rotatable bonds is 29. The second kappa shape index (κ2) is 26.6. The van der Waals surface area contributed by atoms with Crippen LogP contribution in [0.15, 0.2) is 0 Å². The molecular formula is C35H72N+. The van der Waals surface area contributed by atoms with Crippen molar-refractivity contribution in [3.63, 3.8) is 0 Å². The maximum atomic E-state index is 2.31. The first-order valence-corrected chi connectivity index (χ1v) is 17.7. The maximum absolute atomic E-state index is 2.31. The molecule has 1 saturated heterocycles. The minimum atomic E-state index is 1.37. The third-order valence-electron chi connectivity index (χ3n) is 9.24. The molecule has 0 amide bonds. The molecule has 0 aromatic heterocycles. The molecule has 0 radical (unpaired) electrons. The van der Waals surface area contributed by atoms with E-state index in [1.54, 1.807) is 0 Å². The molecule has 216 valence electrons. The van der Waals surface area contributed by atoms with Crippen LogP contribution < -0.4 is 0 Å². The zero-order chi connectivity index (χ0) is 25.8. The fourth-order valence-corrected chi connectivity index (χ4v) is 6.67. The van der Waals surface area contributed by atoms with Crippen LogP contribution in [-0.2, 0) is 0 Å². The van der Waals surface area contributed by atoms with Crippen LogP contribution in [-0.4, -0.2) is 30.7 Å². The van der Waals surface area contributed by atoms with Gasteiger partial charge in [-0.1, -0.05) is 162 Å². The lowest BCUT2D eigenvalue weighted by atomic mass is 10.0. The smallest absolute Gasteiger partial charge is 0.0788 e. The number of nitrogens with zero attached hydrogens (tertiary/aromatic N) is 1. The largest absolute Gasteiger partial charge is 0.324 e. The van der Waals surface area contributed by atoms with E-state index >= 15 is 0 Å². The summed E-state index contributed by atoms with van der Waals surface area (Å²) in [6.07, 6.45) is 42.9. The number of hydrogen-bond acceptors (Lipinski definition) is 0. The van der Waals surface area contributed by atoms with E-state index in [4.69, 9.17) is 0 Å². The molecular weight excluding hydrogens is 434 g/mol. The van der Waals surface area contributed by atoms with Crippen LogP contribution in [0.2, 0.25) is 0 Å². The Labute approximate surface area is 230 Å². The summed E-state index contributed by atoms with van der Waals surface area (Å²) in [5.41, 5.74) is 0. The first-order chi connectivity index (χ1) is 17.8. The van der Waals surface area contributed by atoms with Gasteiger partial charge in [0.1, 0.15) is 0 Å². The van der Waals surface area contributed by atoms with E-state index in [1.165, 1.54) is 217 Å². The van der Waals surface area contributed by atoms with Crippen LogP contribution in [0.3, 0.4) is 0 Å². The van der Waals surface area contributed by atoms with Gasteiger partial charge in [-0.15, -0.1) is 0 Å². The van der Waals surface area contributed by atoms with Gasteiger partial charge in [0.2, 0.25) is 0 Å². The van der Waals surface area contributed by atoms with Gasteiger partial charge in [-0.05, 0) is 25.7 Å². The number of quaternary nitrogens is 1. The molecule has 36 heavy (non-hydrogen) atoms. The average molecular weight is 507 g/mol. The van der Waals surface area contributed by atoms with Crippen molar-refractivity contribution in [3.8, 4) is 0 Å². The van der Waals surface area contributed by atoms with Crippen molar-refractivity contribution in [2.24, 2.45) is 0 Å². The first kappa shape index (κ1) is 34.0. The molecule has 0 atom stereocenters. The van der Waals surface area contributed by atoms with Crippen LogP contribution in [0.4, 0.5) is 0 Å². The van der Waals surface area contributed by atoms with Crippen molar-refractivity contribution in [1.29, 1.82) is 0 Å². The van der Waals surface area contributed by atoms with Crippen LogP contribution in [0, 0.1) is 0 Å². The lowest BCUT2D eigenvalue weighted by molar-refractivity contribution is -0.917. The van der Waals surface area contributed by atoms with E-state index in [0.29, 0.717) is 0 Å². The zero-order valence-electron chi connectivity index (χ0n) is 25.8. The number of likely N-dealkylation sites (tertiary alicyclic amines) is 1. The highest BCUT2D eigenvalue weighted by molar-refractivity contribution is 4.58. The van der Waals surface area contributed by atoms with E-state index in [1.807, 2.05) is 0 Å². The molecule has 0 saturated carbocycles. The Bertz CT molecular complexity index is 411. The summed E-state index contributed by atoms with van der Waals surface area (Å²) in [6.45, 7) is 10.6. The minimum Gasteiger partial charge on any atom is -0.324 e. The van der Waals surface area contributed by atoms with Crippen LogP contribution in [0.1, 0.15) is 200 Å². The predicted molar refractivity (Wildman–Crippen MR) is 165 cm³/mol. The summed E-state index contributed by atoms with van der Waals surface area (Å²) in [6, 6.07) is 0. The summed E-state index contributed by atoms with van der Waals surface area (Å²) < 4.78 is 1.50. The molecule has 0 aromatic carbocycles. The maximum Gasteiger partial charge on any atom is 0.0788 e. The van der Waals surface area contributed by atoms with E-state index in [0.717, 1.165) is 0 Å². The van der Waals surface area contributed by atoms with Gasteiger partial charge in [-0.3, -0.25) is 0 Å². The van der Waals surface area contributed by atoms with Crippen LogP contribution in [0.25, 0.3) is 0 Å². The number of unbranched alkanes of at least 4 members (excludes halogenated alkanes) is 25. The highest BCUT2D eigenvalue weighted by atomic mass is 15.4. The van der Waals surface area contributed by atoms with Crippen LogP contribution in [0.5, 0.6) is 0 Å². The fraction of sp³-hybridized carbons (Fsp3) is 1.00. The average Bonchev–Trinajstić information content (AvgIpc) is 3.36. The number of hydrogen-bond donors (Lipinski definition) is 0. The monoisotopic (exact) mass is 507 g/mol. The molecule has 0 bridgehead atoms. The van der Waals surface area contributed by atoms with Gasteiger partial charge >= 0.3 is 0 Å². The normalized spacial score (nSPS) is 15.2. The molecule has 1 fully saturated rings. The summed E-state index contributed by atoms with van der Waals surface area (Å²) in [5, 5.41) is 0. The Morgan fingerprint density at radius 3 is 0.778 bits per heavy atom. The van der Waals surface area contributed by atoms with E-state index in [2.05, 4.69) is 13.8 Å². The standard InChI is InChI=1S/C35H72N/c1-3-5-7-9-11-13-15-17-19-21-23-25-27-29-33-36(34-30-31-35-36)32-28-26-24-22-20-18-16-14-12-10-8-6-4-2/h3-35H2,1-2H3/q+1. The first-order valence-electron chi connectivity index (χ1n) is 17.7. The van der Waals surface area contributed by atoms with Gasteiger partial charge in [0.25, 0.3) is 0 Å². The summed E-state index contributed by atoms with van der Waals surface area (Å²) in [4.78, 5) is 0. The highest BCUT2D eigenvalue weighted by Crippen LogP contribution is 2.23. The molecule has 0 N–H and O–H groups in total. The van der Waals surface area contributed by atoms with Gasteiger partial charge in [0.05, 0.1) is 26.2 Å². The molecule has 1 nitrogen and oxygen atoms in total. The summed E-state index contributed by atoms with van der Waals surface area (Å²) in [5.74, 6) is 0.